The Bertz CT molecular complexity index is 688. The zero-order valence-corrected chi connectivity index (χ0v) is 16.1. The molecule has 0 atom stereocenters. The van der Waals surface area contributed by atoms with E-state index in [1.165, 1.54) is 0 Å². The van der Waals surface area contributed by atoms with E-state index in [2.05, 4.69) is 46.9 Å². The van der Waals surface area contributed by atoms with Crippen LogP contribution >= 0.6 is 15.9 Å². The highest BCUT2D eigenvalue weighted by Gasteiger charge is 2.10. The molecule has 130 valence electrons. The molecular formula is C19H25BrN2O2. The maximum atomic E-state index is 12.0. The summed E-state index contributed by atoms with van der Waals surface area (Å²) in [6, 6.07) is 12.4. The van der Waals surface area contributed by atoms with Crippen molar-refractivity contribution >= 4 is 32.6 Å². The number of hydrogen-bond donors (Lipinski definition) is 1. The van der Waals surface area contributed by atoms with E-state index in [0.717, 1.165) is 28.3 Å². The molecule has 4 nitrogen and oxygen atoms in total. The van der Waals surface area contributed by atoms with E-state index in [1.54, 1.807) is 0 Å². The predicted octanol–water partition coefficient (Wildman–Crippen LogP) is 3.83. The molecule has 0 aliphatic carbocycles. The topological polar surface area (TPSA) is 41.6 Å². The van der Waals surface area contributed by atoms with Crippen molar-refractivity contribution in [1.29, 1.82) is 0 Å². The number of halogens is 1. The van der Waals surface area contributed by atoms with E-state index in [-0.39, 0.29) is 12.5 Å². The number of fused-ring (bicyclic) bond motifs is 1. The zero-order chi connectivity index (χ0) is 17.5. The van der Waals surface area contributed by atoms with Gasteiger partial charge in [-0.3, -0.25) is 9.69 Å². The van der Waals surface area contributed by atoms with Crippen LogP contribution in [0.15, 0.2) is 40.9 Å². The summed E-state index contributed by atoms with van der Waals surface area (Å²) in [6.45, 7) is 8.92. The smallest absolute Gasteiger partial charge is 0.257 e. The third-order valence-corrected chi connectivity index (χ3v) is 4.86. The van der Waals surface area contributed by atoms with E-state index < -0.39 is 0 Å². The van der Waals surface area contributed by atoms with Gasteiger partial charge in [0, 0.05) is 19.1 Å². The summed E-state index contributed by atoms with van der Waals surface area (Å²) in [5.74, 6) is 0.580. The van der Waals surface area contributed by atoms with E-state index >= 15 is 0 Å². The predicted molar refractivity (Wildman–Crippen MR) is 103 cm³/mol. The quantitative estimate of drug-likeness (QED) is 0.741. The summed E-state index contributed by atoms with van der Waals surface area (Å²) in [5.41, 5.74) is 0. The summed E-state index contributed by atoms with van der Waals surface area (Å²) >= 11 is 3.57. The maximum absolute atomic E-state index is 12.0. The number of hydrogen-bond acceptors (Lipinski definition) is 3. The molecule has 0 bridgehead atoms. The summed E-state index contributed by atoms with van der Waals surface area (Å²) in [5, 5.41) is 5.12. The highest BCUT2D eigenvalue weighted by molar-refractivity contribution is 9.10. The maximum Gasteiger partial charge on any atom is 0.257 e. The molecule has 0 aromatic heterocycles. The minimum absolute atomic E-state index is 0.0186. The van der Waals surface area contributed by atoms with E-state index in [9.17, 15) is 4.79 Å². The van der Waals surface area contributed by atoms with Crippen LogP contribution in [0.4, 0.5) is 0 Å². The fourth-order valence-electron chi connectivity index (χ4n) is 2.64. The van der Waals surface area contributed by atoms with Crippen LogP contribution in [-0.4, -0.2) is 43.1 Å². The van der Waals surface area contributed by atoms with Crippen molar-refractivity contribution < 1.29 is 9.53 Å². The van der Waals surface area contributed by atoms with Crippen molar-refractivity contribution in [2.24, 2.45) is 0 Å². The molecule has 0 spiro atoms. The lowest BCUT2D eigenvalue weighted by molar-refractivity contribution is -0.123. The van der Waals surface area contributed by atoms with E-state index in [1.807, 2.05) is 36.4 Å². The molecule has 0 radical (unpaired) electrons. The van der Waals surface area contributed by atoms with Crippen LogP contribution in [-0.2, 0) is 4.79 Å². The third kappa shape index (κ3) is 4.95. The second-order valence-corrected chi connectivity index (χ2v) is 6.75. The average Bonchev–Trinajstić information content (AvgIpc) is 2.58. The Morgan fingerprint density at radius 3 is 2.71 bits per heavy atom. The SMILES string of the molecule is CCN(CCNC(=O)COc1ccc2ccccc2c1Br)C(C)C. The molecule has 24 heavy (non-hydrogen) atoms. The molecule has 0 saturated heterocycles. The van der Waals surface area contributed by atoms with Gasteiger partial charge in [-0.25, -0.2) is 0 Å². The average molecular weight is 393 g/mol. The molecule has 0 unspecified atom stereocenters. The number of benzene rings is 2. The normalized spacial score (nSPS) is 11.2. The molecule has 5 heteroatoms. The van der Waals surface area contributed by atoms with Crippen molar-refractivity contribution in [3.05, 3.63) is 40.9 Å². The highest BCUT2D eigenvalue weighted by atomic mass is 79.9. The fourth-order valence-corrected chi connectivity index (χ4v) is 3.25. The number of likely N-dealkylation sites (N-methyl/N-ethyl adjacent to an activating group) is 1. The molecule has 0 heterocycles. The summed E-state index contributed by atoms with van der Waals surface area (Å²) in [4.78, 5) is 14.3. The zero-order valence-electron chi connectivity index (χ0n) is 14.5. The van der Waals surface area contributed by atoms with Gasteiger partial charge >= 0.3 is 0 Å². The molecular weight excluding hydrogens is 368 g/mol. The first kappa shape index (κ1) is 18.7. The third-order valence-electron chi connectivity index (χ3n) is 4.04. The van der Waals surface area contributed by atoms with Crippen molar-refractivity contribution in [3.63, 3.8) is 0 Å². The Kier molecular flexibility index (Phi) is 7.06. The first-order chi connectivity index (χ1) is 11.5. The summed E-state index contributed by atoms with van der Waals surface area (Å²) in [7, 11) is 0. The van der Waals surface area contributed by atoms with Gasteiger partial charge in [0.05, 0.1) is 4.47 Å². The Hall–Kier alpha value is -1.59. The summed E-state index contributed by atoms with van der Waals surface area (Å²) < 4.78 is 6.55. The molecule has 0 fully saturated rings. The van der Waals surface area contributed by atoms with E-state index in [0.29, 0.717) is 18.3 Å². The Morgan fingerprint density at radius 1 is 1.25 bits per heavy atom. The van der Waals surface area contributed by atoms with Gasteiger partial charge in [-0.05, 0) is 53.2 Å². The number of amides is 1. The molecule has 0 aliphatic heterocycles. The number of ether oxygens (including phenoxy) is 1. The van der Waals surface area contributed by atoms with Crippen LogP contribution in [0.5, 0.6) is 5.75 Å². The lowest BCUT2D eigenvalue weighted by atomic mass is 10.1. The Labute approximate surface area is 152 Å². The Balaban J connectivity index is 1.85. The van der Waals surface area contributed by atoms with Crippen LogP contribution < -0.4 is 10.1 Å². The van der Waals surface area contributed by atoms with Crippen molar-refractivity contribution in [1.82, 2.24) is 10.2 Å². The largest absolute Gasteiger partial charge is 0.483 e. The minimum atomic E-state index is -0.102. The molecule has 0 aliphatic rings. The lowest BCUT2D eigenvalue weighted by Gasteiger charge is -2.24. The lowest BCUT2D eigenvalue weighted by Crippen LogP contribution is -2.39. The van der Waals surface area contributed by atoms with Crippen molar-refractivity contribution in [3.8, 4) is 5.75 Å². The standard InChI is InChI=1S/C19H25BrN2O2/c1-4-22(14(2)3)12-11-21-18(23)13-24-17-10-9-15-7-5-6-8-16(15)19(17)20/h5-10,14H,4,11-13H2,1-3H3,(H,21,23). The molecule has 2 aromatic rings. The first-order valence-electron chi connectivity index (χ1n) is 8.33. The summed E-state index contributed by atoms with van der Waals surface area (Å²) in [6.07, 6.45) is 0. The van der Waals surface area contributed by atoms with Crippen LogP contribution in [0.25, 0.3) is 10.8 Å². The molecule has 2 aromatic carbocycles. The van der Waals surface area contributed by atoms with Gasteiger partial charge in [0.15, 0.2) is 6.61 Å². The van der Waals surface area contributed by atoms with Crippen LogP contribution in [0.3, 0.4) is 0 Å². The van der Waals surface area contributed by atoms with Crippen molar-refractivity contribution in [2.45, 2.75) is 26.8 Å². The first-order valence-corrected chi connectivity index (χ1v) is 9.13. The van der Waals surface area contributed by atoms with Crippen molar-refractivity contribution in [2.75, 3.05) is 26.2 Å². The Morgan fingerprint density at radius 2 is 2.00 bits per heavy atom. The van der Waals surface area contributed by atoms with Gasteiger partial charge in [0.1, 0.15) is 5.75 Å². The van der Waals surface area contributed by atoms with E-state index in [4.69, 9.17) is 4.74 Å². The van der Waals surface area contributed by atoms with Crippen LogP contribution in [0, 0.1) is 0 Å². The van der Waals surface area contributed by atoms with Gasteiger partial charge in [-0.15, -0.1) is 0 Å². The number of nitrogens with zero attached hydrogens (tertiary/aromatic N) is 1. The second kappa shape index (κ2) is 9.04. The van der Waals surface area contributed by atoms with Gasteiger partial charge in [-0.1, -0.05) is 37.3 Å². The van der Waals surface area contributed by atoms with Crippen LogP contribution in [0.2, 0.25) is 0 Å². The second-order valence-electron chi connectivity index (χ2n) is 5.96. The molecule has 1 N–H and O–H groups in total. The molecule has 2 rings (SSSR count). The number of carbonyl (C=O) groups excluding carboxylic acids is 1. The number of nitrogens with one attached hydrogen (secondary N) is 1. The molecule has 0 saturated carbocycles. The number of rotatable bonds is 8. The van der Waals surface area contributed by atoms with Gasteiger partial charge in [0.25, 0.3) is 5.91 Å². The minimum Gasteiger partial charge on any atom is -0.483 e. The monoisotopic (exact) mass is 392 g/mol. The van der Waals surface area contributed by atoms with Gasteiger partial charge in [-0.2, -0.15) is 0 Å². The molecule has 1 amide bonds. The van der Waals surface area contributed by atoms with Gasteiger partial charge < -0.3 is 10.1 Å². The fraction of sp³-hybridized carbons (Fsp3) is 0.421. The van der Waals surface area contributed by atoms with Crippen LogP contribution in [0.1, 0.15) is 20.8 Å². The number of carbonyl (C=O) groups is 1. The highest BCUT2D eigenvalue weighted by Crippen LogP contribution is 2.32. The van der Waals surface area contributed by atoms with Gasteiger partial charge in [0.2, 0.25) is 0 Å².